The minimum atomic E-state index is -1.16. The van der Waals surface area contributed by atoms with Crippen LogP contribution < -0.4 is 0 Å². The molecule has 0 aromatic carbocycles. The molecule has 0 unspecified atom stereocenters. The predicted molar refractivity (Wildman–Crippen MR) is 55.1 cm³/mol. The molecular formula is C11H20O4. The van der Waals surface area contributed by atoms with E-state index in [1.54, 1.807) is 13.8 Å². The summed E-state index contributed by atoms with van der Waals surface area (Å²) >= 11 is 0. The topological polar surface area (TPSA) is 66.8 Å². The zero-order chi connectivity index (χ0) is 11.8. The van der Waals surface area contributed by atoms with Crippen molar-refractivity contribution in [3.63, 3.8) is 0 Å². The number of aliphatic hydroxyl groups is 2. The Morgan fingerprint density at radius 2 is 2.13 bits per heavy atom. The first-order valence-electron chi connectivity index (χ1n) is 5.43. The molecule has 1 aliphatic heterocycles. The average molecular weight is 216 g/mol. The fraction of sp³-hybridized carbons (Fsp3) is 0.909. The van der Waals surface area contributed by atoms with Gasteiger partial charge >= 0.3 is 5.97 Å². The monoisotopic (exact) mass is 216 g/mol. The van der Waals surface area contributed by atoms with Gasteiger partial charge in [-0.3, -0.25) is 4.79 Å². The lowest BCUT2D eigenvalue weighted by Gasteiger charge is -2.35. The normalized spacial score (nSPS) is 40.0. The van der Waals surface area contributed by atoms with Gasteiger partial charge in [-0.05, 0) is 19.8 Å². The van der Waals surface area contributed by atoms with Gasteiger partial charge in [-0.25, -0.2) is 0 Å². The average Bonchev–Trinajstić information content (AvgIpc) is 2.41. The summed E-state index contributed by atoms with van der Waals surface area (Å²) in [4.78, 5) is 11.3. The van der Waals surface area contributed by atoms with E-state index in [0.717, 1.165) is 6.42 Å². The molecule has 0 aromatic heterocycles. The predicted octanol–water partition coefficient (Wildman–Crippen LogP) is 0.706. The van der Waals surface area contributed by atoms with Crippen LogP contribution in [0.15, 0.2) is 0 Å². The van der Waals surface area contributed by atoms with Gasteiger partial charge in [0.2, 0.25) is 0 Å². The summed E-state index contributed by atoms with van der Waals surface area (Å²) in [5.74, 6) is -1.01. The molecule has 2 N–H and O–H groups in total. The van der Waals surface area contributed by atoms with E-state index in [1.165, 1.54) is 0 Å². The maximum Gasteiger partial charge on any atom is 0.312 e. The first-order chi connectivity index (χ1) is 6.84. The Morgan fingerprint density at radius 3 is 2.47 bits per heavy atom. The maximum absolute atomic E-state index is 11.3. The van der Waals surface area contributed by atoms with Crippen molar-refractivity contribution in [1.29, 1.82) is 0 Å². The second-order valence-electron chi connectivity index (χ2n) is 4.67. The molecular weight excluding hydrogens is 196 g/mol. The maximum atomic E-state index is 11.3. The molecule has 0 spiro atoms. The minimum Gasteiger partial charge on any atom is -0.453 e. The van der Waals surface area contributed by atoms with Gasteiger partial charge < -0.3 is 14.9 Å². The van der Waals surface area contributed by atoms with Crippen LogP contribution in [0.1, 0.15) is 34.1 Å². The summed E-state index contributed by atoms with van der Waals surface area (Å²) < 4.78 is 5.12. The number of ether oxygens (including phenoxy) is 1. The third kappa shape index (κ3) is 1.88. The summed E-state index contributed by atoms with van der Waals surface area (Å²) in [5.41, 5.74) is -1.16. The number of aliphatic hydroxyl groups excluding tert-OH is 2. The summed E-state index contributed by atoms with van der Waals surface area (Å²) in [5, 5.41) is 19.9. The smallest absolute Gasteiger partial charge is 0.312 e. The Hall–Kier alpha value is -0.610. The van der Waals surface area contributed by atoms with Gasteiger partial charge in [0.05, 0.1) is 12.0 Å². The molecule has 1 aliphatic rings. The van der Waals surface area contributed by atoms with Gasteiger partial charge in [-0.1, -0.05) is 20.3 Å². The van der Waals surface area contributed by atoms with E-state index < -0.39 is 29.7 Å². The van der Waals surface area contributed by atoms with Gasteiger partial charge in [0.1, 0.15) is 6.10 Å². The highest BCUT2D eigenvalue weighted by Gasteiger charge is 2.55. The molecule has 5 atom stereocenters. The molecule has 0 bridgehead atoms. The molecule has 1 rings (SSSR count). The zero-order valence-corrected chi connectivity index (χ0v) is 9.73. The lowest BCUT2D eigenvalue weighted by Crippen LogP contribution is -2.51. The van der Waals surface area contributed by atoms with Gasteiger partial charge in [0, 0.05) is 0 Å². The number of rotatable bonds is 3. The van der Waals surface area contributed by atoms with Crippen LogP contribution in [0.4, 0.5) is 0 Å². The van der Waals surface area contributed by atoms with E-state index in [1.807, 2.05) is 13.8 Å². The summed E-state index contributed by atoms with van der Waals surface area (Å²) in [6, 6.07) is 0. The number of carbonyl (C=O) groups excluding carboxylic acids is 1. The first kappa shape index (κ1) is 12.5. The van der Waals surface area contributed by atoms with Crippen LogP contribution in [0.5, 0.6) is 0 Å². The van der Waals surface area contributed by atoms with Crippen molar-refractivity contribution in [2.24, 2.45) is 11.8 Å². The van der Waals surface area contributed by atoms with Gasteiger partial charge in [-0.15, -0.1) is 0 Å². The molecule has 0 amide bonds. The molecule has 0 saturated carbocycles. The van der Waals surface area contributed by atoms with Crippen molar-refractivity contribution in [2.75, 3.05) is 0 Å². The number of esters is 1. The minimum absolute atomic E-state index is 0.0113. The quantitative estimate of drug-likeness (QED) is 0.682. The highest BCUT2D eigenvalue weighted by atomic mass is 16.6. The Bertz CT molecular complexity index is 253. The molecule has 0 aliphatic carbocycles. The fourth-order valence-corrected chi connectivity index (χ4v) is 2.02. The number of carbonyl (C=O) groups is 1. The number of cyclic esters (lactones) is 1. The molecule has 88 valence electrons. The molecule has 1 heterocycles. The van der Waals surface area contributed by atoms with E-state index in [4.69, 9.17) is 4.74 Å². The van der Waals surface area contributed by atoms with E-state index in [0.29, 0.717) is 0 Å². The molecule has 15 heavy (non-hydrogen) atoms. The van der Waals surface area contributed by atoms with Crippen molar-refractivity contribution in [3.8, 4) is 0 Å². The van der Waals surface area contributed by atoms with Crippen LogP contribution >= 0.6 is 0 Å². The fourth-order valence-electron chi connectivity index (χ4n) is 2.02. The van der Waals surface area contributed by atoms with Crippen LogP contribution in [-0.4, -0.2) is 34.0 Å². The lowest BCUT2D eigenvalue weighted by atomic mass is 9.82. The van der Waals surface area contributed by atoms with Crippen LogP contribution in [0.3, 0.4) is 0 Å². The second-order valence-corrected chi connectivity index (χ2v) is 4.67. The number of hydrogen-bond acceptors (Lipinski definition) is 4. The van der Waals surface area contributed by atoms with Crippen molar-refractivity contribution >= 4 is 5.97 Å². The molecule has 1 saturated heterocycles. The highest BCUT2D eigenvalue weighted by molar-refractivity contribution is 5.76. The zero-order valence-electron chi connectivity index (χ0n) is 9.73. The van der Waals surface area contributed by atoms with Crippen LogP contribution in [0.2, 0.25) is 0 Å². The van der Waals surface area contributed by atoms with Crippen molar-refractivity contribution < 1.29 is 19.7 Å². The summed E-state index contributed by atoms with van der Waals surface area (Å²) in [6.07, 6.45) is -0.990. The van der Waals surface area contributed by atoms with Gasteiger partial charge in [0.25, 0.3) is 0 Å². The van der Waals surface area contributed by atoms with Crippen molar-refractivity contribution in [2.45, 2.75) is 51.9 Å². The lowest BCUT2D eigenvalue weighted by molar-refractivity contribution is -0.168. The molecule has 4 heteroatoms. The first-order valence-corrected chi connectivity index (χ1v) is 5.43. The van der Waals surface area contributed by atoms with E-state index in [-0.39, 0.29) is 5.92 Å². The summed E-state index contributed by atoms with van der Waals surface area (Å²) in [6.45, 7) is 7.03. The second kappa shape index (κ2) is 4.10. The molecule has 1 fully saturated rings. The third-order valence-corrected chi connectivity index (χ3v) is 3.52. The molecule has 4 nitrogen and oxygen atoms in total. The van der Waals surface area contributed by atoms with Crippen LogP contribution in [0, 0.1) is 11.8 Å². The standard InChI is InChI=1S/C11H20O4/c1-5-6(2)8(12)11(4)9(13)7(3)10(14)15-11/h6-9,12-13H,5H2,1-4H3/t6-,7-,8+,9+,11-/m1/s1. The van der Waals surface area contributed by atoms with E-state index in [2.05, 4.69) is 0 Å². The largest absolute Gasteiger partial charge is 0.453 e. The Balaban J connectivity index is 2.88. The SMILES string of the molecule is CC[C@@H](C)[C@H](O)[C@@]1(C)OC(=O)[C@H](C)[C@@H]1O. The Kier molecular flexibility index (Phi) is 3.41. The van der Waals surface area contributed by atoms with Crippen molar-refractivity contribution in [1.82, 2.24) is 0 Å². The number of hydrogen-bond donors (Lipinski definition) is 2. The summed E-state index contributed by atoms with van der Waals surface area (Å²) in [7, 11) is 0. The Labute approximate surface area is 90.2 Å². The van der Waals surface area contributed by atoms with Crippen LogP contribution in [0.25, 0.3) is 0 Å². The van der Waals surface area contributed by atoms with Crippen LogP contribution in [-0.2, 0) is 9.53 Å². The van der Waals surface area contributed by atoms with Gasteiger partial charge in [0.15, 0.2) is 5.60 Å². The van der Waals surface area contributed by atoms with E-state index in [9.17, 15) is 15.0 Å². The molecule has 0 radical (unpaired) electrons. The van der Waals surface area contributed by atoms with Crippen molar-refractivity contribution in [3.05, 3.63) is 0 Å². The third-order valence-electron chi connectivity index (χ3n) is 3.52. The molecule has 0 aromatic rings. The Morgan fingerprint density at radius 1 is 1.60 bits per heavy atom. The highest BCUT2D eigenvalue weighted by Crippen LogP contribution is 2.37. The van der Waals surface area contributed by atoms with Gasteiger partial charge in [-0.2, -0.15) is 0 Å². The van der Waals surface area contributed by atoms with E-state index >= 15 is 0 Å².